The molecule has 0 spiro atoms. The van der Waals surface area contributed by atoms with Crippen LogP contribution in [0.2, 0.25) is 0 Å². The number of non-ortho nitro benzene ring substituents is 1. The molecule has 4 amide bonds. The molecule has 1 fully saturated rings. The molecule has 1 atom stereocenters. The van der Waals surface area contributed by atoms with E-state index in [-0.39, 0.29) is 17.8 Å². The van der Waals surface area contributed by atoms with Crippen molar-refractivity contribution in [1.29, 1.82) is 0 Å². The Kier molecular flexibility index (Phi) is 6.89. The second-order valence-electron chi connectivity index (χ2n) is 7.56. The standard InChI is InChI=1S/C22H24N4O8/c1-22(14-6-5-7-15(10-14)26(30)31)20(28)25(21(29)24-22)12-18(27)23-11-13-8-16(32-2)19(34-4)17(9-13)33-3/h5-10H,11-12H2,1-4H3,(H,23,27)(H,24,29). The molecule has 0 radical (unpaired) electrons. The fraction of sp³-hybridized carbons (Fsp3) is 0.318. The molecule has 1 unspecified atom stereocenters. The summed E-state index contributed by atoms with van der Waals surface area (Å²) in [6, 6.07) is 7.96. The van der Waals surface area contributed by atoms with Crippen molar-refractivity contribution >= 4 is 23.5 Å². The van der Waals surface area contributed by atoms with Gasteiger partial charge in [-0.05, 0) is 30.2 Å². The highest BCUT2D eigenvalue weighted by molar-refractivity contribution is 6.09. The minimum Gasteiger partial charge on any atom is -0.493 e. The zero-order valence-corrected chi connectivity index (χ0v) is 19.0. The first-order valence-corrected chi connectivity index (χ1v) is 10.1. The largest absolute Gasteiger partial charge is 0.493 e. The van der Waals surface area contributed by atoms with E-state index >= 15 is 0 Å². The average molecular weight is 472 g/mol. The number of benzene rings is 2. The van der Waals surface area contributed by atoms with Crippen molar-refractivity contribution < 1.29 is 33.5 Å². The van der Waals surface area contributed by atoms with Crippen molar-refractivity contribution in [2.45, 2.75) is 19.0 Å². The van der Waals surface area contributed by atoms with Crippen molar-refractivity contribution in [3.8, 4) is 17.2 Å². The van der Waals surface area contributed by atoms with E-state index in [1.807, 2.05) is 0 Å². The van der Waals surface area contributed by atoms with Gasteiger partial charge in [0.15, 0.2) is 11.5 Å². The van der Waals surface area contributed by atoms with Crippen LogP contribution in [-0.4, -0.2) is 55.5 Å². The zero-order chi connectivity index (χ0) is 25.0. The number of imide groups is 1. The topological polar surface area (TPSA) is 149 Å². The van der Waals surface area contributed by atoms with Gasteiger partial charge in [0, 0.05) is 18.7 Å². The summed E-state index contributed by atoms with van der Waals surface area (Å²) < 4.78 is 15.8. The first-order chi connectivity index (χ1) is 16.1. The summed E-state index contributed by atoms with van der Waals surface area (Å²) in [5.74, 6) is -0.0536. The van der Waals surface area contributed by atoms with Crippen molar-refractivity contribution in [3.63, 3.8) is 0 Å². The predicted molar refractivity (Wildman–Crippen MR) is 119 cm³/mol. The number of hydrogen-bond acceptors (Lipinski definition) is 8. The molecule has 0 aromatic heterocycles. The van der Waals surface area contributed by atoms with Crippen LogP contribution < -0.4 is 24.8 Å². The number of methoxy groups -OCH3 is 3. The average Bonchev–Trinajstić information content (AvgIpc) is 3.05. The molecule has 180 valence electrons. The quantitative estimate of drug-likeness (QED) is 0.318. The summed E-state index contributed by atoms with van der Waals surface area (Å²) in [7, 11) is 4.41. The Morgan fingerprint density at radius 1 is 1.12 bits per heavy atom. The summed E-state index contributed by atoms with van der Waals surface area (Å²) in [4.78, 5) is 49.3. The maximum Gasteiger partial charge on any atom is 0.325 e. The number of nitro benzene ring substituents is 1. The third kappa shape index (κ3) is 4.56. The Bertz CT molecular complexity index is 1130. The van der Waals surface area contributed by atoms with Gasteiger partial charge in [0.1, 0.15) is 12.1 Å². The van der Waals surface area contributed by atoms with Gasteiger partial charge in [0.25, 0.3) is 11.6 Å². The van der Waals surface area contributed by atoms with E-state index in [9.17, 15) is 24.5 Å². The molecule has 34 heavy (non-hydrogen) atoms. The number of amides is 4. The third-order valence-electron chi connectivity index (χ3n) is 5.43. The molecule has 1 saturated heterocycles. The second kappa shape index (κ2) is 9.65. The van der Waals surface area contributed by atoms with Gasteiger partial charge in [-0.2, -0.15) is 0 Å². The Morgan fingerprint density at radius 2 is 1.76 bits per heavy atom. The van der Waals surface area contributed by atoms with Crippen LogP contribution in [0, 0.1) is 10.1 Å². The number of nitro groups is 1. The molecule has 0 bridgehead atoms. The maximum absolute atomic E-state index is 13.0. The second-order valence-corrected chi connectivity index (χ2v) is 7.56. The van der Waals surface area contributed by atoms with Gasteiger partial charge in [-0.15, -0.1) is 0 Å². The van der Waals surface area contributed by atoms with Crippen LogP contribution in [0.4, 0.5) is 10.5 Å². The maximum atomic E-state index is 13.0. The lowest BCUT2D eigenvalue weighted by Gasteiger charge is -2.22. The molecule has 2 aromatic carbocycles. The smallest absolute Gasteiger partial charge is 0.325 e. The van der Waals surface area contributed by atoms with Crippen LogP contribution in [0.5, 0.6) is 17.2 Å². The van der Waals surface area contributed by atoms with Crippen molar-refractivity contribution in [1.82, 2.24) is 15.5 Å². The van der Waals surface area contributed by atoms with Crippen LogP contribution >= 0.6 is 0 Å². The molecule has 1 aliphatic heterocycles. The number of hydrogen-bond donors (Lipinski definition) is 2. The van der Waals surface area contributed by atoms with E-state index in [2.05, 4.69) is 10.6 Å². The lowest BCUT2D eigenvalue weighted by molar-refractivity contribution is -0.385. The number of carbonyl (C=O) groups excluding carboxylic acids is 3. The Labute approximate surface area is 194 Å². The zero-order valence-electron chi connectivity index (χ0n) is 19.0. The number of nitrogens with one attached hydrogen (secondary N) is 2. The monoisotopic (exact) mass is 472 g/mol. The molecule has 12 heteroatoms. The van der Waals surface area contributed by atoms with E-state index in [0.29, 0.717) is 22.8 Å². The van der Waals surface area contributed by atoms with Gasteiger partial charge >= 0.3 is 6.03 Å². The molecule has 0 saturated carbocycles. The highest BCUT2D eigenvalue weighted by atomic mass is 16.6. The molecular formula is C22H24N4O8. The predicted octanol–water partition coefficient (Wildman–Crippen LogP) is 1.70. The van der Waals surface area contributed by atoms with Gasteiger partial charge < -0.3 is 24.8 Å². The van der Waals surface area contributed by atoms with Crippen LogP contribution in [0.1, 0.15) is 18.1 Å². The normalized spacial score (nSPS) is 17.2. The lowest BCUT2D eigenvalue weighted by Crippen LogP contribution is -2.43. The molecule has 1 aliphatic rings. The Hall–Kier alpha value is -4.35. The molecule has 2 N–H and O–H groups in total. The highest BCUT2D eigenvalue weighted by Crippen LogP contribution is 2.38. The van der Waals surface area contributed by atoms with Crippen molar-refractivity contribution in [3.05, 3.63) is 57.6 Å². The highest BCUT2D eigenvalue weighted by Gasteiger charge is 2.49. The van der Waals surface area contributed by atoms with Gasteiger partial charge in [-0.3, -0.25) is 24.6 Å². The molecule has 3 rings (SSSR count). The summed E-state index contributed by atoms with van der Waals surface area (Å²) in [6.07, 6.45) is 0. The van der Waals surface area contributed by atoms with Crippen molar-refractivity contribution in [2.24, 2.45) is 0 Å². The molecular weight excluding hydrogens is 448 g/mol. The first kappa shape index (κ1) is 24.3. The summed E-state index contributed by atoms with van der Waals surface area (Å²) in [6.45, 7) is 0.973. The van der Waals surface area contributed by atoms with E-state index in [1.54, 1.807) is 12.1 Å². The molecule has 1 heterocycles. The number of ether oxygens (including phenoxy) is 3. The van der Waals surface area contributed by atoms with Crippen LogP contribution in [0.15, 0.2) is 36.4 Å². The van der Waals surface area contributed by atoms with Gasteiger partial charge in [-0.1, -0.05) is 12.1 Å². The van der Waals surface area contributed by atoms with Gasteiger partial charge in [-0.25, -0.2) is 4.79 Å². The minimum atomic E-state index is -1.54. The number of nitrogens with zero attached hydrogens (tertiary/aromatic N) is 2. The number of carbonyl (C=O) groups is 3. The number of urea groups is 1. The molecule has 2 aromatic rings. The molecule has 12 nitrogen and oxygen atoms in total. The number of rotatable bonds is 9. The lowest BCUT2D eigenvalue weighted by atomic mass is 9.91. The van der Waals surface area contributed by atoms with E-state index in [4.69, 9.17) is 14.2 Å². The molecule has 0 aliphatic carbocycles. The SMILES string of the molecule is COc1cc(CNC(=O)CN2C(=O)NC(C)(c3cccc([N+](=O)[O-])c3)C2=O)cc(OC)c1OC. The summed E-state index contributed by atoms with van der Waals surface area (Å²) in [5, 5.41) is 16.2. The Balaban J connectivity index is 1.71. The van der Waals surface area contributed by atoms with E-state index in [0.717, 1.165) is 4.90 Å². The van der Waals surface area contributed by atoms with Crippen LogP contribution in [0.25, 0.3) is 0 Å². The van der Waals surface area contributed by atoms with E-state index < -0.39 is 34.9 Å². The fourth-order valence-electron chi connectivity index (χ4n) is 3.60. The third-order valence-corrected chi connectivity index (χ3v) is 5.43. The Morgan fingerprint density at radius 3 is 2.32 bits per heavy atom. The van der Waals surface area contributed by atoms with E-state index in [1.165, 1.54) is 52.5 Å². The summed E-state index contributed by atoms with van der Waals surface area (Å²) >= 11 is 0. The minimum absolute atomic E-state index is 0.0708. The van der Waals surface area contributed by atoms with Gasteiger partial charge in [0.2, 0.25) is 11.7 Å². The van der Waals surface area contributed by atoms with Gasteiger partial charge in [0.05, 0.1) is 26.3 Å². The first-order valence-electron chi connectivity index (χ1n) is 10.1. The summed E-state index contributed by atoms with van der Waals surface area (Å²) in [5.41, 5.74) is -0.885. The fourth-order valence-corrected chi connectivity index (χ4v) is 3.60. The van der Waals surface area contributed by atoms with Crippen LogP contribution in [-0.2, 0) is 21.7 Å². The van der Waals surface area contributed by atoms with Crippen molar-refractivity contribution in [2.75, 3.05) is 27.9 Å². The van der Waals surface area contributed by atoms with Crippen LogP contribution in [0.3, 0.4) is 0 Å².